The van der Waals surface area contributed by atoms with Crippen LogP contribution in [0.1, 0.15) is 13.8 Å². The zero-order valence-corrected chi connectivity index (χ0v) is 11.2. The molecule has 0 saturated carbocycles. The van der Waals surface area contributed by atoms with Crippen LogP contribution < -0.4 is 0 Å². The lowest BCUT2D eigenvalue weighted by atomic mass is 10.5. The van der Waals surface area contributed by atoms with Crippen molar-refractivity contribution in [1.29, 1.82) is 0 Å². The maximum absolute atomic E-state index is 10.8. The SMILES string of the molecule is CCN(CC)Cn1nnnc1-c1nnnn1CC(=O)O. The van der Waals surface area contributed by atoms with Gasteiger partial charge in [0.2, 0.25) is 11.6 Å². The van der Waals surface area contributed by atoms with Gasteiger partial charge in [0.1, 0.15) is 6.54 Å². The van der Waals surface area contributed by atoms with E-state index in [1.807, 2.05) is 13.8 Å². The standard InChI is InChI=1S/C9H15N9O2/c1-3-16(4-2)6-18-9(11-13-15-18)8-10-12-14-17(8)5-7(19)20/h3-6H2,1-2H3,(H,19,20). The summed E-state index contributed by atoms with van der Waals surface area (Å²) in [6, 6.07) is 0. The molecule has 11 nitrogen and oxygen atoms in total. The molecule has 0 amide bonds. The summed E-state index contributed by atoms with van der Waals surface area (Å²) in [7, 11) is 0. The van der Waals surface area contributed by atoms with Crippen molar-refractivity contribution >= 4 is 5.97 Å². The minimum Gasteiger partial charge on any atom is -0.480 e. The number of carbonyl (C=O) groups is 1. The van der Waals surface area contributed by atoms with E-state index in [2.05, 4.69) is 36.0 Å². The molecule has 0 unspecified atom stereocenters. The molecule has 0 saturated heterocycles. The first kappa shape index (κ1) is 14.0. The molecule has 1 N–H and O–H groups in total. The van der Waals surface area contributed by atoms with Gasteiger partial charge in [-0.3, -0.25) is 9.69 Å². The number of rotatable bonds is 7. The zero-order valence-electron chi connectivity index (χ0n) is 11.2. The molecule has 0 bridgehead atoms. The summed E-state index contributed by atoms with van der Waals surface area (Å²) >= 11 is 0. The molecule has 0 atom stereocenters. The Morgan fingerprint density at radius 3 is 2.20 bits per heavy atom. The number of aromatic nitrogens is 8. The fourth-order valence-corrected chi connectivity index (χ4v) is 1.67. The van der Waals surface area contributed by atoms with Crippen LogP contribution >= 0.6 is 0 Å². The Bertz CT molecular complexity index is 573. The first-order chi connectivity index (χ1) is 9.65. The molecule has 2 rings (SSSR count). The van der Waals surface area contributed by atoms with Gasteiger partial charge in [-0.05, 0) is 33.9 Å². The van der Waals surface area contributed by atoms with Crippen molar-refractivity contribution in [1.82, 2.24) is 45.3 Å². The second kappa shape index (κ2) is 6.14. The van der Waals surface area contributed by atoms with E-state index < -0.39 is 5.97 Å². The van der Waals surface area contributed by atoms with Gasteiger partial charge in [-0.25, -0.2) is 9.36 Å². The second-order valence-electron chi connectivity index (χ2n) is 4.00. The van der Waals surface area contributed by atoms with Crippen molar-refractivity contribution in [2.75, 3.05) is 13.1 Å². The fourth-order valence-electron chi connectivity index (χ4n) is 1.67. The van der Waals surface area contributed by atoms with Crippen molar-refractivity contribution in [2.45, 2.75) is 27.1 Å². The summed E-state index contributed by atoms with van der Waals surface area (Å²) < 4.78 is 2.68. The van der Waals surface area contributed by atoms with E-state index in [0.717, 1.165) is 17.8 Å². The molecule has 0 spiro atoms. The first-order valence-electron chi connectivity index (χ1n) is 6.12. The van der Waals surface area contributed by atoms with Crippen molar-refractivity contribution in [2.24, 2.45) is 0 Å². The van der Waals surface area contributed by atoms with E-state index >= 15 is 0 Å². The maximum Gasteiger partial charge on any atom is 0.325 e. The number of hydrogen-bond donors (Lipinski definition) is 1. The van der Waals surface area contributed by atoms with E-state index in [4.69, 9.17) is 5.11 Å². The number of tetrazole rings is 2. The molecule has 0 radical (unpaired) electrons. The van der Waals surface area contributed by atoms with Crippen LogP contribution in [0.4, 0.5) is 0 Å². The number of aliphatic carboxylic acids is 1. The Hall–Kier alpha value is -2.43. The Balaban J connectivity index is 2.28. The van der Waals surface area contributed by atoms with Gasteiger partial charge in [-0.2, -0.15) is 0 Å². The average Bonchev–Trinajstić information content (AvgIpc) is 3.03. The quantitative estimate of drug-likeness (QED) is 0.659. The van der Waals surface area contributed by atoms with Crippen LogP contribution in [0.5, 0.6) is 0 Å². The number of hydrogen-bond acceptors (Lipinski definition) is 8. The largest absolute Gasteiger partial charge is 0.480 e. The lowest BCUT2D eigenvalue weighted by Gasteiger charge is -2.17. The summed E-state index contributed by atoms with van der Waals surface area (Å²) in [4.78, 5) is 12.9. The molecule has 2 heterocycles. The summed E-state index contributed by atoms with van der Waals surface area (Å²) in [5.41, 5.74) is 0. The second-order valence-corrected chi connectivity index (χ2v) is 4.00. The molecule has 0 aliphatic rings. The minimum atomic E-state index is -1.04. The maximum atomic E-state index is 10.8. The third-order valence-electron chi connectivity index (χ3n) is 2.78. The topological polar surface area (TPSA) is 128 Å². The molecule has 0 fully saturated rings. The molecule has 2 aromatic rings. The van der Waals surface area contributed by atoms with Gasteiger partial charge in [-0.15, -0.1) is 10.2 Å². The van der Waals surface area contributed by atoms with E-state index in [0.29, 0.717) is 12.5 Å². The van der Waals surface area contributed by atoms with Crippen LogP contribution in [0.2, 0.25) is 0 Å². The van der Waals surface area contributed by atoms with E-state index in [-0.39, 0.29) is 12.4 Å². The van der Waals surface area contributed by atoms with Gasteiger partial charge in [0.15, 0.2) is 0 Å². The molecule has 0 aliphatic carbocycles. The molecule has 11 heteroatoms. The van der Waals surface area contributed by atoms with Crippen LogP contribution in [0.15, 0.2) is 0 Å². The van der Waals surface area contributed by atoms with Crippen LogP contribution in [0.25, 0.3) is 11.6 Å². The molecule has 0 aromatic carbocycles. The van der Waals surface area contributed by atoms with Crippen LogP contribution in [0, 0.1) is 0 Å². The van der Waals surface area contributed by atoms with E-state index in [1.165, 1.54) is 4.68 Å². The zero-order chi connectivity index (χ0) is 14.5. The van der Waals surface area contributed by atoms with Crippen molar-refractivity contribution in [3.05, 3.63) is 0 Å². The highest BCUT2D eigenvalue weighted by Gasteiger charge is 2.19. The molecular formula is C9H15N9O2. The highest BCUT2D eigenvalue weighted by atomic mass is 16.4. The van der Waals surface area contributed by atoms with Gasteiger partial charge in [0, 0.05) is 0 Å². The monoisotopic (exact) mass is 281 g/mol. The molecule has 0 aliphatic heterocycles. The molecule has 2 aromatic heterocycles. The third-order valence-corrected chi connectivity index (χ3v) is 2.78. The van der Waals surface area contributed by atoms with Crippen LogP contribution in [-0.2, 0) is 18.0 Å². The van der Waals surface area contributed by atoms with Gasteiger partial charge in [0.05, 0.1) is 6.67 Å². The molecule has 20 heavy (non-hydrogen) atoms. The van der Waals surface area contributed by atoms with Crippen LogP contribution in [0.3, 0.4) is 0 Å². The van der Waals surface area contributed by atoms with Gasteiger partial charge < -0.3 is 5.11 Å². The number of carboxylic acids is 1. The molecule has 108 valence electrons. The Kier molecular flexibility index (Phi) is 4.30. The summed E-state index contributed by atoms with van der Waals surface area (Å²) in [6.45, 7) is 5.88. The van der Waals surface area contributed by atoms with Gasteiger partial charge in [0.25, 0.3) is 0 Å². The number of carboxylic acid groups (broad SMARTS) is 1. The lowest BCUT2D eigenvalue weighted by Crippen LogP contribution is -2.27. The Labute approximate surface area is 114 Å². The summed E-state index contributed by atoms with van der Waals surface area (Å²) in [5.74, 6) is -0.478. The third kappa shape index (κ3) is 2.93. The first-order valence-corrected chi connectivity index (χ1v) is 6.12. The number of nitrogens with zero attached hydrogens (tertiary/aromatic N) is 9. The summed E-state index contributed by atoms with van der Waals surface area (Å²) in [6.07, 6.45) is 0. The highest BCUT2D eigenvalue weighted by molar-refractivity contribution is 5.67. The van der Waals surface area contributed by atoms with Crippen molar-refractivity contribution in [3.8, 4) is 11.6 Å². The Morgan fingerprint density at radius 1 is 1.10 bits per heavy atom. The fraction of sp³-hybridized carbons (Fsp3) is 0.667. The summed E-state index contributed by atoms with van der Waals surface area (Å²) in [5, 5.41) is 31.0. The minimum absolute atomic E-state index is 0.226. The van der Waals surface area contributed by atoms with Crippen molar-refractivity contribution < 1.29 is 9.90 Å². The smallest absolute Gasteiger partial charge is 0.325 e. The highest BCUT2D eigenvalue weighted by Crippen LogP contribution is 2.11. The lowest BCUT2D eigenvalue weighted by molar-refractivity contribution is -0.137. The van der Waals surface area contributed by atoms with Gasteiger partial charge in [-0.1, -0.05) is 13.8 Å². The van der Waals surface area contributed by atoms with E-state index in [1.54, 1.807) is 0 Å². The van der Waals surface area contributed by atoms with Gasteiger partial charge >= 0.3 is 5.97 Å². The predicted molar refractivity (Wildman–Crippen MR) is 65.2 cm³/mol. The van der Waals surface area contributed by atoms with Crippen molar-refractivity contribution in [3.63, 3.8) is 0 Å². The Morgan fingerprint density at radius 2 is 1.65 bits per heavy atom. The molecular weight excluding hydrogens is 266 g/mol. The van der Waals surface area contributed by atoms with Crippen LogP contribution in [-0.4, -0.2) is 69.5 Å². The normalized spacial score (nSPS) is 11.2. The van der Waals surface area contributed by atoms with E-state index in [9.17, 15) is 4.79 Å². The predicted octanol–water partition coefficient (Wildman–Crippen LogP) is -1.29. The average molecular weight is 281 g/mol.